The molecular weight excluding hydrogens is 334 g/mol. The zero-order chi connectivity index (χ0) is 13.0. The lowest BCUT2D eigenvalue weighted by molar-refractivity contribution is 0.683. The summed E-state index contributed by atoms with van der Waals surface area (Å²) in [5, 5.41) is 5.93. The molecule has 6 heteroatoms. The zero-order valence-corrected chi connectivity index (χ0v) is 13.0. The van der Waals surface area contributed by atoms with Crippen LogP contribution in [0.3, 0.4) is 0 Å². The fraction of sp³-hybridized carbons (Fsp3) is 0.333. The molecule has 0 saturated carbocycles. The van der Waals surface area contributed by atoms with E-state index in [1.807, 2.05) is 0 Å². The van der Waals surface area contributed by atoms with E-state index in [0.29, 0.717) is 9.63 Å². The smallest absolute Gasteiger partial charge is 0.148 e. The van der Waals surface area contributed by atoms with E-state index in [1.165, 1.54) is 11.2 Å². The number of hydrogen-bond donors (Lipinski definition) is 1. The minimum Gasteiger partial charge on any atom is -0.361 e. The molecule has 2 rings (SSSR count). The van der Waals surface area contributed by atoms with Crippen molar-refractivity contribution in [1.82, 2.24) is 9.97 Å². The Bertz CT molecular complexity index is 504. The van der Waals surface area contributed by atoms with E-state index in [1.54, 1.807) is 11.3 Å². The number of halogens is 2. The number of nitrogens with zero attached hydrogens (tertiary/aromatic N) is 2. The van der Waals surface area contributed by atoms with Gasteiger partial charge in [0.2, 0.25) is 0 Å². The second kappa shape index (κ2) is 6.50. The van der Waals surface area contributed by atoms with E-state index in [0.717, 1.165) is 18.7 Å². The number of hydrogen-bond acceptors (Lipinski definition) is 4. The van der Waals surface area contributed by atoms with Gasteiger partial charge in [-0.15, -0.1) is 11.3 Å². The zero-order valence-electron chi connectivity index (χ0n) is 9.86. The molecule has 0 fully saturated rings. The maximum absolute atomic E-state index is 5.96. The first-order valence-corrected chi connectivity index (χ1v) is 7.73. The van der Waals surface area contributed by atoms with Gasteiger partial charge in [-0.2, -0.15) is 0 Å². The molecule has 0 spiro atoms. The summed E-state index contributed by atoms with van der Waals surface area (Å²) in [5.41, 5.74) is 0. The summed E-state index contributed by atoms with van der Waals surface area (Å²) in [4.78, 5) is 9.45. The highest BCUT2D eigenvalue weighted by molar-refractivity contribution is 9.10. The van der Waals surface area contributed by atoms with Gasteiger partial charge in [0, 0.05) is 4.88 Å². The van der Waals surface area contributed by atoms with Crippen molar-refractivity contribution in [3.63, 3.8) is 0 Å². The van der Waals surface area contributed by atoms with Gasteiger partial charge in [0.25, 0.3) is 0 Å². The second-order valence-corrected chi connectivity index (χ2v) is 5.96. The van der Waals surface area contributed by atoms with Gasteiger partial charge in [0.05, 0.1) is 10.5 Å². The summed E-state index contributed by atoms with van der Waals surface area (Å²) >= 11 is 11.1. The molecule has 0 bridgehead atoms. The van der Waals surface area contributed by atoms with Crippen molar-refractivity contribution in [2.24, 2.45) is 0 Å². The highest BCUT2D eigenvalue weighted by atomic mass is 79.9. The first-order valence-electron chi connectivity index (χ1n) is 5.68. The Morgan fingerprint density at radius 3 is 3.00 bits per heavy atom. The molecule has 3 nitrogen and oxygen atoms in total. The lowest BCUT2D eigenvalue weighted by Gasteiger charge is -2.18. The van der Waals surface area contributed by atoms with Crippen molar-refractivity contribution in [3.8, 4) is 0 Å². The van der Waals surface area contributed by atoms with Gasteiger partial charge in [-0.25, -0.2) is 9.97 Å². The molecule has 0 amide bonds. The van der Waals surface area contributed by atoms with Crippen LogP contribution in [0.5, 0.6) is 0 Å². The fourth-order valence-corrected chi connectivity index (χ4v) is 2.94. The van der Waals surface area contributed by atoms with Gasteiger partial charge in [-0.1, -0.05) is 31.0 Å². The van der Waals surface area contributed by atoms with E-state index in [2.05, 4.69) is 55.7 Å². The molecule has 96 valence electrons. The van der Waals surface area contributed by atoms with Crippen molar-refractivity contribution >= 4 is 44.7 Å². The van der Waals surface area contributed by atoms with E-state index in [9.17, 15) is 0 Å². The minimum absolute atomic E-state index is 0.261. The van der Waals surface area contributed by atoms with Crippen LogP contribution in [0.1, 0.15) is 30.7 Å². The Hall–Kier alpha value is -0.650. The highest BCUT2D eigenvalue weighted by Crippen LogP contribution is 2.32. The van der Waals surface area contributed by atoms with Crippen LogP contribution in [0.15, 0.2) is 28.3 Å². The summed E-state index contributed by atoms with van der Waals surface area (Å²) in [5.74, 6) is 0.738. The molecule has 0 radical (unpaired) electrons. The number of nitrogens with one attached hydrogen (secondary N) is 1. The molecular formula is C12H13BrClN3S. The lowest BCUT2D eigenvalue weighted by Crippen LogP contribution is -2.11. The molecule has 0 saturated heterocycles. The third kappa shape index (κ3) is 3.22. The van der Waals surface area contributed by atoms with Crippen LogP contribution in [-0.2, 0) is 0 Å². The number of rotatable bonds is 5. The van der Waals surface area contributed by atoms with Crippen molar-refractivity contribution in [2.45, 2.75) is 25.8 Å². The maximum Gasteiger partial charge on any atom is 0.148 e. The first-order chi connectivity index (χ1) is 8.72. The number of thiophene rings is 1. The van der Waals surface area contributed by atoms with Gasteiger partial charge < -0.3 is 5.32 Å². The van der Waals surface area contributed by atoms with Crippen LogP contribution in [0.2, 0.25) is 5.15 Å². The SMILES string of the molecule is CCCC(Nc1ncnc(Cl)c1Br)c1cccs1. The Labute approximate surface area is 124 Å². The first kappa shape index (κ1) is 13.8. The summed E-state index contributed by atoms with van der Waals surface area (Å²) in [7, 11) is 0. The molecule has 2 aromatic heterocycles. The van der Waals surface area contributed by atoms with Crippen LogP contribution in [0.4, 0.5) is 5.82 Å². The van der Waals surface area contributed by atoms with Gasteiger partial charge in [0.15, 0.2) is 0 Å². The quantitative estimate of drug-likeness (QED) is 0.782. The minimum atomic E-state index is 0.261. The van der Waals surface area contributed by atoms with E-state index in [4.69, 9.17) is 11.6 Å². The third-order valence-electron chi connectivity index (χ3n) is 2.52. The number of aromatic nitrogens is 2. The topological polar surface area (TPSA) is 37.8 Å². The summed E-state index contributed by atoms with van der Waals surface area (Å²) in [6.07, 6.45) is 3.62. The van der Waals surface area contributed by atoms with Crippen molar-refractivity contribution < 1.29 is 0 Å². The predicted octanol–water partition coefficient (Wildman–Crippen LogP) is 4.91. The second-order valence-electron chi connectivity index (χ2n) is 3.83. The summed E-state index contributed by atoms with van der Waals surface area (Å²) in [6, 6.07) is 4.46. The molecule has 0 aliphatic heterocycles. The molecule has 2 aromatic rings. The predicted molar refractivity (Wildman–Crippen MR) is 80.3 cm³/mol. The van der Waals surface area contributed by atoms with Crippen LogP contribution in [0.25, 0.3) is 0 Å². The Morgan fingerprint density at radius 2 is 2.33 bits per heavy atom. The van der Waals surface area contributed by atoms with Gasteiger partial charge in [-0.3, -0.25) is 0 Å². The fourth-order valence-electron chi connectivity index (χ4n) is 1.68. The van der Waals surface area contributed by atoms with Crippen molar-refractivity contribution in [3.05, 3.63) is 38.3 Å². The standard InChI is InChI=1S/C12H13BrClN3S/c1-2-4-8(9-5-3-6-18-9)17-12-10(13)11(14)15-7-16-12/h3,5-8H,2,4H2,1H3,(H,15,16,17). The normalized spacial score (nSPS) is 12.4. The average molecular weight is 347 g/mol. The number of anilines is 1. The summed E-state index contributed by atoms with van der Waals surface area (Å²) in [6.45, 7) is 2.17. The van der Waals surface area contributed by atoms with Crippen LogP contribution in [0, 0.1) is 0 Å². The molecule has 1 atom stereocenters. The largest absolute Gasteiger partial charge is 0.361 e. The summed E-state index contributed by atoms with van der Waals surface area (Å²) < 4.78 is 0.712. The van der Waals surface area contributed by atoms with Crippen LogP contribution in [-0.4, -0.2) is 9.97 Å². The molecule has 1 unspecified atom stereocenters. The van der Waals surface area contributed by atoms with Crippen LogP contribution < -0.4 is 5.32 Å². The van der Waals surface area contributed by atoms with Gasteiger partial charge >= 0.3 is 0 Å². The highest BCUT2D eigenvalue weighted by Gasteiger charge is 2.15. The molecule has 0 aromatic carbocycles. The van der Waals surface area contributed by atoms with Gasteiger partial charge in [0.1, 0.15) is 17.3 Å². The maximum atomic E-state index is 5.96. The van der Waals surface area contributed by atoms with Crippen molar-refractivity contribution in [1.29, 1.82) is 0 Å². The molecule has 1 N–H and O–H groups in total. The van der Waals surface area contributed by atoms with E-state index in [-0.39, 0.29) is 6.04 Å². The Morgan fingerprint density at radius 1 is 1.50 bits per heavy atom. The monoisotopic (exact) mass is 345 g/mol. The Balaban J connectivity index is 2.21. The van der Waals surface area contributed by atoms with Gasteiger partial charge in [-0.05, 0) is 33.8 Å². The third-order valence-corrected chi connectivity index (χ3v) is 4.77. The molecule has 0 aliphatic carbocycles. The molecule has 18 heavy (non-hydrogen) atoms. The average Bonchev–Trinajstić information content (AvgIpc) is 2.88. The Kier molecular flexibility index (Phi) is 4.97. The molecule has 0 aliphatic rings. The van der Waals surface area contributed by atoms with E-state index >= 15 is 0 Å². The lowest BCUT2D eigenvalue weighted by atomic mass is 10.1. The van der Waals surface area contributed by atoms with Crippen molar-refractivity contribution in [2.75, 3.05) is 5.32 Å². The molecule has 2 heterocycles. The van der Waals surface area contributed by atoms with Crippen LogP contribution >= 0.6 is 38.9 Å². The van der Waals surface area contributed by atoms with E-state index < -0.39 is 0 Å².